The summed E-state index contributed by atoms with van der Waals surface area (Å²) in [6, 6.07) is 0. The molecule has 50 valence electrons. The van der Waals surface area contributed by atoms with Gasteiger partial charge in [0, 0.05) is 0 Å². The second kappa shape index (κ2) is 6.27. The average Bonchev–Trinajstić information content (AvgIpc) is 1.72. The Morgan fingerprint density at radius 1 is 1.25 bits per heavy atom. The van der Waals surface area contributed by atoms with Crippen LogP contribution in [0.2, 0.25) is 0 Å². The first-order valence-corrected chi connectivity index (χ1v) is 2.52. The van der Waals surface area contributed by atoms with Crippen LogP contribution in [0.15, 0.2) is 11.6 Å². The molecule has 2 nitrogen and oxygen atoms in total. The van der Waals surface area contributed by atoms with Crippen LogP contribution in [0.5, 0.6) is 0 Å². The summed E-state index contributed by atoms with van der Waals surface area (Å²) in [7, 11) is 0. The summed E-state index contributed by atoms with van der Waals surface area (Å²) in [5, 5.41) is 0. The molecule has 0 aromatic heterocycles. The first kappa shape index (κ1) is 10.3. The highest BCUT2D eigenvalue weighted by Crippen LogP contribution is 1.86. The third-order valence-electron chi connectivity index (χ3n) is 0.377. The molecule has 0 spiro atoms. The molecule has 0 saturated heterocycles. The molecule has 0 aliphatic rings. The smallest absolute Gasteiger partial charge is 0.203 e. The quantitative estimate of drug-likeness (QED) is 0.470. The van der Waals surface area contributed by atoms with E-state index in [1.54, 1.807) is 0 Å². The number of rotatable bonds is 0. The number of hydrogen-bond donors (Lipinski definition) is 2. The summed E-state index contributed by atoms with van der Waals surface area (Å²) < 4.78 is 11.4. The van der Waals surface area contributed by atoms with Crippen molar-refractivity contribution in [1.29, 1.82) is 0 Å². The SMILES string of the molecule is C/C(N)=C(/N)F.CC. The maximum absolute atomic E-state index is 11.4. The van der Waals surface area contributed by atoms with Crippen molar-refractivity contribution >= 4 is 0 Å². The fourth-order valence-corrected chi connectivity index (χ4v) is 0. The van der Waals surface area contributed by atoms with Gasteiger partial charge in [-0.1, -0.05) is 13.8 Å². The van der Waals surface area contributed by atoms with Crippen molar-refractivity contribution in [2.24, 2.45) is 11.5 Å². The van der Waals surface area contributed by atoms with Crippen LogP contribution in [0.4, 0.5) is 4.39 Å². The normalized spacial score (nSPS) is 11.0. The molecule has 0 heterocycles. The van der Waals surface area contributed by atoms with Gasteiger partial charge in [-0.15, -0.1) is 0 Å². The highest BCUT2D eigenvalue weighted by Gasteiger charge is 1.82. The molecule has 0 unspecified atom stereocenters. The lowest BCUT2D eigenvalue weighted by atomic mass is 10.6. The summed E-state index contributed by atoms with van der Waals surface area (Å²) >= 11 is 0. The first-order chi connectivity index (χ1) is 3.64. The summed E-state index contributed by atoms with van der Waals surface area (Å²) in [4.78, 5) is 0. The molecule has 0 bridgehead atoms. The van der Waals surface area contributed by atoms with E-state index in [1.165, 1.54) is 6.92 Å². The van der Waals surface area contributed by atoms with Crippen molar-refractivity contribution in [3.05, 3.63) is 11.6 Å². The summed E-state index contributed by atoms with van der Waals surface area (Å²) in [6.45, 7) is 5.40. The van der Waals surface area contributed by atoms with Crippen LogP contribution in [-0.2, 0) is 0 Å². The largest absolute Gasteiger partial charge is 0.399 e. The molecule has 8 heavy (non-hydrogen) atoms. The Balaban J connectivity index is 0. The Labute approximate surface area is 49.4 Å². The second-order valence-corrected chi connectivity index (χ2v) is 1.03. The van der Waals surface area contributed by atoms with Gasteiger partial charge in [0.15, 0.2) is 0 Å². The van der Waals surface area contributed by atoms with Gasteiger partial charge >= 0.3 is 0 Å². The number of halogens is 1. The van der Waals surface area contributed by atoms with Crippen LogP contribution in [0.25, 0.3) is 0 Å². The van der Waals surface area contributed by atoms with Crippen molar-refractivity contribution in [2.45, 2.75) is 20.8 Å². The van der Waals surface area contributed by atoms with E-state index in [1.807, 2.05) is 13.8 Å². The van der Waals surface area contributed by atoms with Gasteiger partial charge in [0.1, 0.15) is 0 Å². The van der Waals surface area contributed by atoms with Crippen LogP contribution in [0.3, 0.4) is 0 Å². The van der Waals surface area contributed by atoms with Gasteiger partial charge in [-0.05, 0) is 6.92 Å². The highest BCUT2D eigenvalue weighted by atomic mass is 19.1. The fourth-order valence-electron chi connectivity index (χ4n) is 0. The molecule has 0 fully saturated rings. The number of allylic oxidation sites excluding steroid dienone is 1. The predicted octanol–water partition coefficient (Wildman–Crippen LogP) is 1.09. The van der Waals surface area contributed by atoms with E-state index in [4.69, 9.17) is 5.73 Å². The van der Waals surface area contributed by atoms with Crippen LogP contribution in [0.1, 0.15) is 20.8 Å². The van der Waals surface area contributed by atoms with Gasteiger partial charge in [0.2, 0.25) is 5.95 Å². The van der Waals surface area contributed by atoms with E-state index in [0.717, 1.165) is 0 Å². The van der Waals surface area contributed by atoms with Crippen LogP contribution < -0.4 is 11.5 Å². The molecule has 0 aromatic rings. The minimum absolute atomic E-state index is 0.0370. The fraction of sp³-hybridized carbons (Fsp3) is 0.600. The Hall–Kier alpha value is -0.730. The van der Waals surface area contributed by atoms with Crippen LogP contribution in [0, 0.1) is 0 Å². The van der Waals surface area contributed by atoms with E-state index in [0.29, 0.717) is 0 Å². The molecule has 0 rings (SSSR count). The lowest BCUT2D eigenvalue weighted by molar-refractivity contribution is 0.612. The molecule has 4 N–H and O–H groups in total. The zero-order chi connectivity index (χ0) is 7.15. The third-order valence-corrected chi connectivity index (χ3v) is 0.377. The maximum atomic E-state index is 11.4. The monoisotopic (exact) mass is 120 g/mol. The topological polar surface area (TPSA) is 52.0 Å². The van der Waals surface area contributed by atoms with Crippen molar-refractivity contribution in [3.63, 3.8) is 0 Å². The molecular weight excluding hydrogens is 107 g/mol. The van der Waals surface area contributed by atoms with E-state index >= 15 is 0 Å². The predicted molar refractivity (Wildman–Crippen MR) is 33.5 cm³/mol. The van der Waals surface area contributed by atoms with Crippen LogP contribution in [-0.4, -0.2) is 0 Å². The number of hydrogen-bond acceptors (Lipinski definition) is 2. The molecule has 0 aromatic carbocycles. The van der Waals surface area contributed by atoms with Crippen molar-refractivity contribution < 1.29 is 4.39 Å². The van der Waals surface area contributed by atoms with Gasteiger partial charge in [-0.2, -0.15) is 4.39 Å². The van der Waals surface area contributed by atoms with Gasteiger partial charge in [-0.3, -0.25) is 0 Å². The minimum Gasteiger partial charge on any atom is -0.399 e. The van der Waals surface area contributed by atoms with Gasteiger partial charge in [0.05, 0.1) is 5.70 Å². The highest BCUT2D eigenvalue weighted by molar-refractivity contribution is 4.94. The summed E-state index contributed by atoms with van der Waals surface area (Å²) in [6.07, 6.45) is 0. The Bertz CT molecular complexity index is 60.5. The van der Waals surface area contributed by atoms with Gasteiger partial charge < -0.3 is 11.5 Å². The van der Waals surface area contributed by atoms with Gasteiger partial charge in [-0.25, -0.2) is 0 Å². The maximum Gasteiger partial charge on any atom is 0.203 e. The Morgan fingerprint density at radius 3 is 1.38 bits per heavy atom. The van der Waals surface area contributed by atoms with Crippen LogP contribution >= 0.6 is 0 Å². The molecular formula is C5H13FN2. The lowest BCUT2D eigenvalue weighted by Crippen LogP contribution is -2.00. The van der Waals surface area contributed by atoms with E-state index < -0.39 is 5.95 Å². The van der Waals surface area contributed by atoms with Crippen molar-refractivity contribution in [1.82, 2.24) is 0 Å². The Kier molecular flexibility index (Phi) is 8.07. The van der Waals surface area contributed by atoms with E-state index in [-0.39, 0.29) is 5.70 Å². The zero-order valence-corrected chi connectivity index (χ0v) is 5.53. The third kappa shape index (κ3) is 8.99. The average molecular weight is 120 g/mol. The van der Waals surface area contributed by atoms with Gasteiger partial charge in [0.25, 0.3) is 0 Å². The molecule has 0 saturated carbocycles. The standard InChI is InChI=1S/C3H7FN2.C2H6/c1-2(5)3(4)6;1-2/h5-6H2,1H3;1-2H3/b3-2-;. The summed E-state index contributed by atoms with van der Waals surface area (Å²) in [5.41, 5.74) is 9.38. The molecule has 0 amide bonds. The minimum atomic E-state index is -0.796. The van der Waals surface area contributed by atoms with Crippen molar-refractivity contribution in [3.8, 4) is 0 Å². The summed E-state index contributed by atoms with van der Waals surface area (Å²) in [5.74, 6) is -0.796. The van der Waals surface area contributed by atoms with E-state index in [2.05, 4.69) is 5.73 Å². The van der Waals surface area contributed by atoms with Crippen molar-refractivity contribution in [2.75, 3.05) is 0 Å². The number of nitrogens with two attached hydrogens (primary N) is 2. The first-order valence-electron chi connectivity index (χ1n) is 2.52. The molecule has 0 radical (unpaired) electrons. The Morgan fingerprint density at radius 2 is 1.38 bits per heavy atom. The molecule has 0 aliphatic heterocycles. The zero-order valence-electron chi connectivity index (χ0n) is 5.53. The second-order valence-electron chi connectivity index (χ2n) is 1.03. The molecule has 3 heteroatoms. The van der Waals surface area contributed by atoms with E-state index in [9.17, 15) is 4.39 Å². The molecule has 0 atom stereocenters. The molecule has 0 aliphatic carbocycles. The lowest BCUT2D eigenvalue weighted by Gasteiger charge is -1.84.